The van der Waals surface area contributed by atoms with Crippen molar-refractivity contribution in [2.75, 3.05) is 12.3 Å². The smallest absolute Gasteiger partial charge is 0.241 e. The molecule has 1 atom stereocenters. The Bertz CT molecular complexity index is 512. The molecule has 1 aromatic rings. The van der Waals surface area contributed by atoms with Gasteiger partial charge in [0.2, 0.25) is 10.0 Å². The van der Waals surface area contributed by atoms with Crippen molar-refractivity contribution in [2.45, 2.75) is 31.7 Å². The maximum absolute atomic E-state index is 12.0. The predicted molar refractivity (Wildman–Crippen MR) is 67.2 cm³/mol. The molecule has 4 N–H and O–H groups in total. The first kappa shape index (κ1) is 14.0. The van der Waals surface area contributed by atoms with Gasteiger partial charge in [-0.1, -0.05) is 0 Å². The predicted octanol–water partition coefficient (Wildman–Crippen LogP) is 0.545. The lowest BCUT2D eigenvalue weighted by molar-refractivity contribution is 0.265. The molecule has 0 saturated carbocycles. The van der Waals surface area contributed by atoms with Crippen molar-refractivity contribution in [2.24, 2.45) is 0 Å². The van der Waals surface area contributed by atoms with Gasteiger partial charge in [-0.3, -0.25) is 0 Å². The summed E-state index contributed by atoms with van der Waals surface area (Å²) in [5.74, 6) is 0. The van der Waals surface area contributed by atoms with Crippen LogP contribution in [0.25, 0.3) is 0 Å². The van der Waals surface area contributed by atoms with Gasteiger partial charge in [-0.15, -0.1) is 0 Å². The first-order valence-corrected chi connectivity index (χ1v) is 6.76. The van der Waals surface area contributed by atoms with E-state index < -0.39 is 16.1 Å². The van der Waals surface area contributed by atoms with Gasteiger partial charge >= 0.3 is 0 Å². The standard InChI is InChI=1S/C11H18N2O3S/c1-7-4-10(12)5-11(9(7)3)17(15,16)13-8(2)6-14/h4-5,8,13-14H,6,12H2,1-3H3/t8-/m0/s1. The average Bonchev–Trinajstić information content (AvgIpc) is 2.22. The van der Waals surface area contributed by atoms with Crippen LogP contribution >= 0.6 is 0 Å². The second-order valence-corrected chi connectivity index (χ2v) is 5.85. The van der Waals surface area contributed by atoms with Crippen LogP contribution in [0.3, 0.4) is 0 Å². The Hall–Kier alpha value is -1.11. The molecule has 0 bridgehead atoms. The number of sulfonamides is 1. The van der Waals surface area contributed by atoms with E-state index in [1.807, 2.05) is 0 Å². The van der Waals surface area contributed by atoms with Crippen LogP contribution in [0.2, 0.25) is 0 Å². The van der Waals surface area contributed by atoms with E-state index in [2.05, 4.69) is 4.72 Å². The number of aliphatic hydroxyl groups is 1. The molecular weight excluding hydrogens is 240 g/mol. The fourth-order valence-electron chi connectivity index (χ4n) is 1.50. The third kappa shape index (κ3) is 3.18. The van der Waals surface area contributed by atoms with Crippen LogP contribution in [0.5, 0.6) is 0 Å². The van der Waals surface area contributed by atoms with E-state index in [0.717, 1.165) is 5.56 Å². The minimum atomic E-state index is -3.64. The quantitative estimate of drug-likeness (QED) is 0.687. The molecule has 96 valence electrons. The van der Waals surface area contributed by atoms with Gasteiger partial charge in [-0.25, -0.2) is 13.1 Å². The number of aryl methyl sites for hydroxylation is 1. The van der Waals surface area contributed by atoms with E-state index in [0.29, 0.717) is 11.3 Å². The minimum Gasteiger partial charge on any atom is -0.399 e. The summed E-state index contributed by atoms with van der Waals surface area (Å²) < 4.78 is 26.5. The molecule has 0 amide bonds. The number of nitrogens with one attached hydrogen (secondary N) is 1. The zero-order chi connectivity index (χ0) is 13.2. The number of hydrogen-bond acceptors (Lipinski definition) is 4. The Kier molecular flexibility index (Phi) is 4.13. The minimum absolute atomic E-state index is 0.162. The molecule has 0 unspecified atom stereocenters. The van der Waals surface area contributed by atoms with Crippen LogP contribution < -0.4 is 10.5 Å². The Balaban J connectivity index is 3.24. The highest BCUT2D eigenvalue weighted by atomic mass is 32.2. The normalized spacial score (nSPS) is 13.6. The number of nitrogen functional groups attached to an aromatic ring is 1. The molecule has 0 aliphatic carbocycles. The van der Waals surface area contributed by atoms with Crippen molar-refractivity contribution in [3.05, 3.63) is 23.3 Å². The fourth-order valence-corrected chi connectivity index (χ4v) is 3.09. The van der Waals surface area contributed by atoms with Crippen LogP contribution in [0.15, 0.2) is 17.0 Å². The molecule has 0 fully saturated rings. The summed E-state index contributed by atoms with van der Waals surface area (Å²) in [6, 6.07) is 2.62. The number of benzene rings is 1. The maximum atomic E-state index is 12.0. The molecule has 0 saturated heterocycles. The first-order valence-electron chi connectivity index (χ1n) is 5.28. The Morgan fingerprint density at radius 2 is 2.00 bits per heavy atom. The summed E-state index contributed by atoms with van der Waals surface area (Å²) >= 11 is 0. The van der Waals surface area contributed by atoms with E-state index in [1.165, 1.54) is 6.07 Å². The largest absolute Gasteiger partial charge is 0.399 e. The molecule has 0 aromatic heterocycles. The van der Waals surface area contributed by atoms with Gasteiger partial charge in [0.15, 0.2) is 0 Å². The van der Waals surface area contributed by atoms with Gasteiger partial charge in [0.25, 0.3) is 0 Å². The van der Waals surface area contributed by atoms with Gasteiger partial charge in [-0.2, -0.15) is 0 Å². The van der Waals surface area contributed by atoms with Gasteiger partial charge in [0.05, 0.1) is 11.5 Å². The topological polar surface area (TPSA) is 92.4 Å². The third-order valence-corrected chi connectivity index (χ3v) is 4.28. The molecule has 0 radical (unpaired) electrons. The molecular formula is C11H18N2O3S. The lowest BCUT2D eigenvalue weighted by Crippen LogP contribution is -2.35. The van der Waals surface area contributed by atoms with Crippen molar-refractivity contribution in [3.8, 4) is 0 Å². The molecule has 6 heteroatoms. The summed E-state index contributed by atoms with van der Waals surface area (Å²) in [7, 11) is -3.64. The third-order valence-electron chi connectivity index (χ3n) is 2.56. The first-order chi connectivity index (χ1) is 7.77. The summed E-state index contributed by atoms with van der Waals surface area (Å²) in [5, 5.41) is 8.87. The summed E-state index contributed by atoms with van der Waals surface area (Å²) in [4.78, 5) is 0.162. The van der Waals surface area contributed by atoms with Crippen LogP contribution in [-0.4, -0.2) is 26.2 Å². The van der Waals surface area contributed by atoms with Crippen LogP contribution in [0, 0.1) is 13.8 Å². The maximum Gasteiger partial charge on any atom is 0.241 e. The van der Waals surface area contributed by atoms with Crippen molar-refractivity contribution in [1.29, 1.82) is 0 Å². The van der Waals surface area contributed by atoms with Crippen LogP contribution in [0.1, 0.15) is 18.1 Å². The number of nitrogens with two attached hydrogens (primary N) is 1. The molecule has 0 aliphatic heterocycles. The van der Waals surface area contributed by atoms with Crippen molar-refractivity contribution in [1.82, 2.24) is 4.72 Å². The Morgan fingerprint density at radius 3 is 2.53 bits per heavy atom. The van der Waals surface area contributed by atoms with Crippen molar-refractivity contribution < 1.29 is 13.5 Å². The van der Waals surface area contributed by atoms with Gasteiger partial charge in [-0.05, 0) is 44.0 Å². The van der Waals surface area contributed by atoms with Gasteiger partial charge in [0, 0.05) is 11.7 Å². The van der Waals surface area contributed by atoms with Crippen molar-refractivity contribution >= 4 is 15.7 Å². The van der Waals surface area contributed by atoms with Crippen LogP contribution in [-0.2, 0) is 10.0 Å². The van der Waals surface area contributed by atoms with Gasteiger partial charge < -0.3 is 10.8 Å². The molecule has 0 aliphatic rings. The van der Waals surface area contributed by atoms with Gasteiger partial charge in [0.1, 0.15) is 0 Å². The average molecular weight is 258 g/mol. The number of anilines is 1. The Labute approximate surface area is 102 Å². The number of aliphatic hydroxyl groups excluding tert-OH is 1. The Morgan fingerprint density at radius 1 is 1.41 bits per heavy atom. The SMILES string of the molecule is Cc1cc(N)cc(S(=O)(=O)N[C@@H](C)CO)c1C. The highest BCUT2D eigenvalue weighted by Crippen LogP contribution is 2.22. The lowest BCUT2D eigenvalue weighted by atomic mass is 10.1. The van der Waals surface area contributed by atoms with Crippen LogP contribution in [0.4, 0.5) is 5.69 Å². The zero-order valence-electron chi connectivity index (χ0n) is 10.2. The highest BCUT2D eigenvalue weighted by molar-refractivity contribution is 7.89. The van der Waals surface area contributed by atoms with E-state index in [4.69, 9.17) is 10.8 Å². The monoisotopic (exact) mass is 258 g/mol. The lowest BCUT2D eigenvalue weighted by Gasteiger charge is -2.15. The number of rotatable bonds is 4. The summed E-state index contributed by atoms with van der Waals surface area (Å²) in [5.41, 5.74) is 7.54. The molecule has 17 heavy (non-hydrogen) atoms. The molecule has 1 rings (SSSR count). The summed E-state index contributed by atoms with van der Waals surface area (Å²) in [6.07, 6.45) is 0. The highest BCUT2D eigenvalue weighted by Gasteiger charge is 2.20. The second kappa shape index (κ2) is 5.03. The second-order valence-electron chi connectivity index (χ2n) is 4.17. The molecule has 1 aromatic carbocycles. The van der Waals surface area contributed by atoms with E-state index >= 15 is 0 Å². The molecule has 0 heterocycles. The van der Waals surface area contributed by atoms with E-state index in [9.17, 15) is 8.42 Å². The zero-order valence-corrected chi connectivity index (χ0v) is 11.0. The number of hydrogen-bond donors (Lipinski definition) is 3. The molecule has 0 spiro atoms. The van der Waals surface area contributed by atoms with E-state index in [1.54, 1.807) is 26.8 Å². The summed E-state index contributed by atoms with van der Waals surface area (Å²) in [6.45, 7) is 4.87. The fraction of sp³-hybridized carbons (Fsp3) is 0.455. The molecule has 5 nitrogen and oxygen atoms in total. The van der Waals surface area contributed by atoms with Crippen molar-refractivity contribution in [3.63, 3.8) is 0 Å². The van der Waals surface area contributed by atoms with E-state index in [-0.39, 0.29) is 11.5 Å².